The number of rotatable bonds is 5. The molecule has 0 aliphatic heterocycles. The fourth-order valence-electron chi connectivity index (χ4n) is 1.35. The van der Waals surface area contributed by atoms with Gasteiger partial charge < -0.3 is 15.2 Å². The highest BCUT2D eigenvalue weighted by Crippen LogP contribution is 2.21. The molecule has 0 aromatic heterocycles. The SMILES string of the molecule is COCc1cc(/C=C\C(N)=O)ccc1OC. The third-order valence-corrected chi connectivity index (χ3v) is 2.04. The van der Waals surface area contributed by atoms with Gasteiger partial charge in [-0.1, -0.05) is 6.07 Å². The summed E-state index contributed by atoms with van der Waals surface area (Å²) in [5.41, 5.74) is 6.83. The summed E-state index contributed by atoms with van der Waals surface area (Å²) in [5.74, 6) is 0.294. The van der Waals surface area contributed by atoms with E-state index in [4.69, 9.17) is 15.2 Å². The van der Waals surface area contributed by atoms with Gasteiger partial charge >= 0.3 is 0 Å². The van der Waals surface area contributed by atoms with Crippen LogP contribution in [-0.4, -0.2) is 20.1 Å². The molecule has 16 heavy (non-hydrogen) atoms. The van der Waals surface area contributed by atoms with Gasteiger partial charge in [0, 0.05) is 18.7 Å². The summed E-state index contributed by atoms with van der Waals surface area (Å²) in [6, 6.07) is 5.56. The summed E-state index contributed by atoms with van der Waals surface area (Å²) in [6.45, 7) is 0.460. The molecule has 0 unspecified atom stereocenters. The molecule has 4 nitrogen and oxygen atoms in total. The predicted molar refractivity (Wildman–Crippen MR) is 61.9 cm³/mol. The fraction of sp³-hybridized carbons (Fsp3) is 0.250. The van der Waals surface area contributed by atoms with Gasteiger partial charge in [-0.15, -0.1) is 0 Å². The number of ether oxygens (including phenoxy) is 2. The van der Waals surface area contributed by atoms with Gasteiger partial charge in [0.2, 0.25) is 5.91 Å². The van der Waals surface area contributed by atoms with E-state index in [0.717, 1.165) is 16.9 Å². The Morgan fingerprint density at radius 1 is 1.44 bits per heavy atom. The second-order valence-corrected chi connectivity index (χ2v) is 3.24. The van der Waals surface area contributed by atoms with E-state index in [2.05, 4.69) is 0 Å². The summed E-state index contributed by atoms with van der Waals surface area (Å²) >= 11 is 0. The van der Waals surface area contributed by atoms with E-state index in [-0.39, 0.29) is 0 Å². The number of benzene rings is 1. The number of methoxy groups -OCH3 is 2. The Morgan fingerprint density at radius 2 is 2.19 bits per heavy atom. The van der Waals surface area contributed by atoms with E-state index >= 15 is 0 Å². The molecule has 0 bridgehead atoms. The molecule has 1 aromatic rings. The van der Waals surface area contributed by atoms with Crippen molar-refractivity contribution in [1.82, 2.24) is 0 Å². The van der Waals surface area contributed by atoms with Gasteiger partial charge in [0.15, 0.2) is 0 Å². The average Bonchev–Trinajstić information content (AvgIpc) is 2.27. The number of hydrogen-bond donors (Lipinski definition) is 1. The maximum atomic E-state index is 10.6. The van der Waals surface area contributed by atoms with Crippen molar-refractivity contribution in [1.29, 1.82) is 0 Å². The number of nitrogens with two attached hydrogens (primary N) is 1. The van der Waals surface area contributed by atoms with Crippen LogP contribution in [0.15, 0.2) is 24.3 Å². The standard InChI is InChI=1S/C12H15NO3/c1-15-8-10-7-9(4-6-12(13)14)3-5-11(10)16-2/h3-7H,8H2,1-2H3,(H2,13,14)/b6-4-. The number of carbonyl (C=O) groups excluding carboxylic acids is 1. The van der Waals surface area contributed by atoms with Gasteiger partial charge in [0.25, 0.3) is 0 Å². The van der Waals surface area contributed by atoms with Gasteiger partial charge in [-0.2, -0.15) is 0 Å². The van der Waals surface area contributed by atoms with Crippen molar-refractivity contribution in [3.05, 3.63) is 35.4 Å². The van der Waals surface area contributed by atoms with E-state index in [1.165, 1.54) is 6.08 Å². The second-order valence-electron chi connectivity index (χ2n) is 3.24. The molecular weight excluding hydrogens is 206 g/mol. The molecule has 0 fully saturated rings. The van der Waals surface area contributed by atoms with Crippen molar-refractivity contribution >= 4 is 12.0 Å². The summed E-state index contributed by atoms with van der Waals surface area (Å²) < 4.78 is 10.2. The van der Waals surface area contributed by atoms with Gasteiger partial charge in [0.05, 0.1) is 13.7 Å². The van der Waals surface area contributed by atoms with Crippen molar-refractivity contribution < 1.29 is 14.3 Å². The maximum absolute atomic E-state index is 10.6. The second kappa shape index (κ2) is 5.92. The normalized spacial score (nSPS) is 10.6. The van der Waals surface area contributed by atoms with Crippen LogP contribution in [0.3, 0.4) is 0 Å². The van der Waals surface area contributed by atoms with Crippen molar-refractivity contribution in [3.63, 3.8) is 0 Å². The van der Waals surface area contributed by atoms with E-state index in [9.17, 15) is 4.79 Å². The van der Waals surface area contributed by atoms with Crippen LogP contribution in [0.25, 0.3) is 6.08 Å². The van der Waals surface area contributed by atoms with Crippen LogP contribution < -0.4 is 10.5 Å². The smallest absolute Gasteiger partial charge is 0.241 e. The van der Waals surface area contributed by atoms with Crippen molar-refractivity contribution in [2.75, 3.05) is 14.2 Å². The van der Waals surface area contributed by atoms with Crippen LogP contribution in [0.1, 0.15) is 11.1 Å². The molecule has 1 rings (SSSR count). The van der Waals surface area contributed by atoms with E-state index < -0.39 is 5.91 Å². The van der Waals surface area contributed by atoms with Gasteiger partial charge in [-0.05, 0) is 23.8 Å². The molecule has 0 aliphatic carbocycles. The van der Waals surface area contributed by atoms with Crippen LogP contribution >= 0.6 is 0 Å². The third kappa shape index (κ3) is 3.40. The molecule has 0 aliphatic rings. The van der Waals surface area contributed by atoms with Gasteiger partial charge in [-0.3, -0.25) is 4.79 Å². The Bertz CT molecular complexity index is 399. The van der Waals surface area contributed by atoms with Crippen LogP contribution in [0.5, 0.6) is 5.75 Å². The van der Waals surface area contributed by atoms with Crippen molar-refractivity contribution in [3.8, 4) is 5.75 Å². The zero-order chi connectivity index (χ0) is 12.0. The fourth-order valence-corrected chi connectivity index (χ4v) is 1.35. The zero-order valence-electron chi connectivity index (χ0n) is 9.40. The molecule has 0 radical (unpaired) electrons. The highest BCUT2D eigenvalue weighted by Gasteiger charge is 2.02. The Hall–Kier alpha value is -1.81. The minimum absolute atomic E-state index is 0.460. The number of amides is 1. The van der Waals surface area contributed by atoms with Gasteiger partial charge in [-0.25, -0.2) is 0 Å². The summed E-state index contributed by atoms with van der Waals surface area (Å²) in [5, 5.41) is 0. The molecule has 0 saturated carbocycles. The first kappa shape index (κ1) is 12.3. The first-order valence-electron chi connectivity index (χ1n) is 4.80. The lowest BCUT2D eigenvalue weighted by Crippen LogP contribution is -2.05. The van der Waals surface area contributed by atoms with Crippen molar-refractivity contribution in [2.45, 2.75) is 6.61 Å². The number of primary amides is 1. The summed E-state index contributed by atoms with van der Waals surface area (Å²) in [6.07, 6.45) is 2.97. The molecule has 0 spiro atoms. The molecule has 86 valence electrons. The van der Waals surface area contributed by atoms with E-state index in [1.54, 1.807) is 20.3 Å². The molecule has 0 atom stereocenters. The van der Waals surface area contributed by atoms with Crippen LogP contribution in [0, 0.1) is 0 Å². The van der Waals surface area contributed by atoms with Crippen LogP contribution in [0.2, 0.25) is 0 Å². The first-order chi connectivity index (χ1) is 7.67. The van der Waals surface area contributed by atoms with Crippen molar-refractivity contribution in [2.24, 2.45) is 5.73 Å². The lowest BCUT2D eigenvalue weighted by Gasteiger charge is -2.08. The quantitative estimate of drug-likeness (QED) is 0.763. The average molecular weight is 221 g/mol. The summed E-state index contributed by atoms with van der Waals surface area (Å²) in [7, 11) is 3.22. The number of carbonyl (C=O) groups is 1. The Labute approximate surface area is 94.7 Å². The lowest BCUT2D eigenvalue weighted by atomic mass is 10.1. The molecule has 0 heterocycles. The molecule has 4 heteroatoms. The molecule has 1 aromatic carbocycles. The minimum atomic E-state index is -0.468. The predicted octanol–water partition coefficient (Wildman–Crippen LogP) is 1.34. The zero-order valence-corrected chi connectivity index (χ0v) is 9.40. The first-order valence-corrected chi connectivity index (χ1v) is 4.80. The minimum Gasteiger partial charge on any atom is -0.496 e. The Balaban J connectivity index is 2.96. The largest absolute Gasteiger partial charge is 0.496 e. The van der Waals surface area contributed by atoms with Gasteiger partial charge in [0.1, 0.15) is 5.75 Å². The highest BCUT2D eigenvalue weighted by molar-refractivity contribution is 5.90. The Kier molecular flexibility index (Phi) is 4.54. The maximum Gasteiger partial charge on any atom is 0.241 e. The topological polar surface area (TPSA) is 61.5 Å². The molecular formula is C12H15NO3. The highest BCUT2D eigenvalue weighted by atomic mass is 16.5. The van der Waals surface area contributed by atoms with E-state index in [0.29, 0.717) is 6.61 Å². The lowest BCUT2D eigenvalue weighted by molar-refractivity contribution is -0.113. The van der Waals surface area contributed by atoms with Crippen LogP contribution in [-0.2, 0) is 16.1 Å². The monoisotopic (exact) mass is 221 g/mol. The van der Waals surface area contributed by atoms with Crippen LogP contribution in [0.4, 0.5) is 0 Å². The number of hydrogen-bond acceptors (Lipinski definition) is 3. The molecule has 0 saturated heterocycles. The third-order valence-electron chi connectivity index (χ3n) is 2.04. The van der Waals surface area contributed by atoms with E-state index in [1.807, 2.05) is 18.2 Å². The Morgan fingerprint density at radius 3 is 2.75 bits per heavy atom. The summed E-state index contributed by atoms with van der Waals surface area (Å²) in [4.78, 5) is 10.6. The molecule has 2 N–H and O–H groups in total. The molecule has 1 amide bonds.